The molecule has 2 fully saturated rings. The number of nitrogens with zero attached hydrogens (tertiary/aromatic N) is 7. The van der Waals surface area contributed by atoms with Crippen molar-refractivity contribution in [2.45, 2.75) is 51.5 Å². The Balaban J connectivity index is 1.17. The number of halogens is 1. The predicted octanol–water partition coefficient (Wildman–Crippen LogP) is 5.19. The third kappa shape index (κ3) is 5.90. The molecule has 3 aromatic heterocycles. The molecule has 4 heterocycles. The zero-order chi connectivity index (χ0) is 34.4. The van der Waals surface area contributed by atoms with E-state index in [-0.39, 0.29) is 35.0 Å². The van der Waals surface area contributed by atoms with E-state index < -0.39 is 17.3 Å². The molecule has 1 aliphatic heterocycles. The molecule has 248 valence electrons. The number of nitriles is 1. The van der Waals surface area contributed by atoms with Crippen LogP contribution in [0.5, 0.6) is 0 Å². The molecule has 13 heteroatoms. The molecule has 1 saturated carbocycles. The predicted molar refractivity (Wildman–Crippen MR) is 182 cm³/mol. The van der Waals surface area contributed by atoms with Crippen molar-refractivity contribution < 1.29 is 14.0 Å². The van der Waals surface area contributed by atoms with E-state index in [1.165, 1.54) is 41.2 Å². The van der Waals surface area contributed by atoms with Crippen LogP contribution >= 0.6 is 0 Å². The zero-order valence-electron chi connectivity index (χ0n) is 27.1. The van der Waals surface area contributed by atoms with E-state index in [4.69, 9.17) is 10.8 Å². The zero-order valence-corrected chi connectivity index (χ0v) is 27.1. The lowest BCUT2D eigenvalue weighted by atomic mass is 10.0. The Morgan fingerprint density at radius 3 is 2.35 bits per heavy atom. The van der Waals surface area contributed by atoms with E-state index in [1.54, 1.807) is 24.3 Å². The quantitative estimate of drug-likeness (QED) is 0.241. The molecule has 2 aliphatic rings. The summed E-state index contributed by atoms with van der Waals surface area (Å²) < 4.78 is 16.8. The van der Waals surface area contributed by atoms with Gasteiger partial charge in [-0.1, -0.05) is 26.0 Å². The lowest BCUT2D eigenvalue weighted by molar-refractivity contribution is -0.135. The highest BCUT2D eigenvalue weighted by Gasteiger charge is 2.32. The van der Waals surface area contributed by atoms with Crippen LogP contribution in [0.15, 0.2) is 65.7 Å². The Kier molecular flexibility index (Phi) is 8.15. The molecule has 0 unspecified atom stereocenters. The summed E-state index contributed by atoms with van der Waals surface area (Å²) in [6, 6.07) is 15.9. The van der Waals surface area contributed by atoms with E-state index in [0.29, 0.717) is 52.6 Å². The smallest absolute Gasteiger partial charge is 0.269 e. The summed E-state index contributed by atoms with van der Waals surface area (Å²) in [5.74, 6) is -0.669. The Morgan fingerprint density at radius 2 is 1.71 bits per heavy atom. The van der Waals surface area contributed by atoms with Gasteiger partial charge in [0.1, 0.15) is 41.0 Å². The number of fused-ring (bicyclic) bond motifs is 1. The van der Waals surface area contributed by atoms with Gasteiger partial charge in [0.15, 0.2) is 5.65 Å². The number of carbonyl (C=O) groups is 2. The minimum atomic E-state index is -0.673. The number of carbonyl (C=O) groups excluding carboxylic acids is 2. The second-order valence-electron chi connectivity index (χ2n) is 12.9. The van der Waals surface area contributed by atoms with Gasteiger partial charge in [0, 0.05) is 30.3 Å². The van der Waals surface area contributed by atoms with E-state index in [0.717, 1.165) is 31.2 Å². The van der Waals surface area contributed by atoms with Crippen LogP contribution < -0.4 is 16.6 Å². The number of benzene rings is 2. The summed E-state index contributed by atoms with van der Waals surface area (Å²) in [4.78, 5) is 50.4. The highest BCUT2D eigenvalue weighted by Crippen LogP contribution is 2.42. The number of hydrogen-bond donors (Lipinski definition) is 2. The molecule has 5 aromatic rings. The van der Waals surface area contributed by atoms with Gasteiger partial charge < -0.3 is 16.0 Å². The molecule has 1 saturated heterocycles. The number of likely N-dealkylation sites (tertiary alicyclic amines) is 1. The lowest BCUT2D eigenvalue weighted by Crippen LogP contribution is -2.41. The van der Waals surface area contributed by atoms with Crippen molar-refractivity contribution in [1.82, 2.24) is 29.2 Å². The summed E-state index contributed by atoms with van der Waals surface area (Å²) in [5.41, 5.74) is 8.98. The van der Waals surface area contributed by atoms with Gasteiger partial charge in [0.25, 0.3) is 11.5 Å². The van der Waals surface area contributed by atoms with Crippen molar-refractivity contribution in [2.24, 2.45) is 5.92 Å². The largest absolute Gasteiger partial charge is 0.383 e. The summed E-state index contributed by atoms with van der Waals surface area (Å²) in [7, 11) is 0. The highest BCUT2D eigenvalue weighted by molar-refractivity contribution is 6.04. The molecule has 1 aliphatic carbocycles. The average Bonchev–Trinajstić information content (AvgIpc) is 3.88. The number of pyridine rings is 1. The normalized spacial score (nSPS) is 15.0. The number of aromatic nitrogens is 5. The first-order chi connectivity index (χ1) is 23.6. The second kappa shape index (κ2) is 12.6. The number of nitrogens with two attached hydrogens (primary N) is 1. The first kappa shape index (κ1) is 31.7. The van der Waals surface area contributed by atoms with E-state index in [1.807, 2.05) is 23.4 Å². The fourth-order valence-corrected chi connectivity index (χ4v) is 6.51. The second-order valence-corrected chi connectivity index (χ2v) is 12.9. The van der Waals surface area contributed by atoms with Crippen LogP contribution in [0.25, 0.3) is 28.0 Å². The van der Waals surface area contributed by atoms with Gasteiger partial charge in [0.05, 0.1) is 17.1 Å². The van der Waals surface area contributed by atoms with Crippen molar-refractivity contribution in [3.05, 3.63) is 93.9 Å². The average molecular weight is 660 g/mol. The van der Waals surface area contributed by atoms with Gasteiger partial charge in [-0.2, -0.15) is 10.4 Å². The third-order valence-corrected chi connectivity index (χ3v) is 9.23. The molecule has 0 atom stereocenters. The number of amides is 2. The van der Waals surface area contributed by atoms with Crippen molar-refractivity contribution >= 4 is 34.4 Å². The Labute approximate surface area is 281 Å². The minimum Gasteiger partial charge on any atom is -0.383 e. The van der Waals surface area contributed by atoms with Gasteiger partial charge in [0.2, 0.25) is 5.91 Å². The molecular formula is C36H34FN9O3. The van der Waals surface area contributed by atoms with Crippen molar-refractivity contribution in [1.29, 1.82) is 5.26 Å². The highest BCUT2D eigenvalue weighted by atomic mass is 19.1. The van der Waals surface area contributed by atoms with Gasteiger partial charge >= 0.3 is 0 Å². The van der Waals surface area contributed by atoms with E-state index in [2.05, 4.69) is 21.4 Å². The minimum absolute atomic E-state index is 0.0206. The summed E-state index contributed by atoms with van der Waals surface area (Å²) in [6.45, 7) is 5.07. The van der Waals surface area contributed by atoms with E-state index >= 15 is 0 Å². The van der Waals surface area contributed by atoms with Gasteiger partial charge in [-0.25, -0.2) is 19.0 Å². The SMILES string of the molecule is CC(C)C(=O)N1CCC(n2nc(-c3ccc(NC(=O)c4cc(C5CC5)c(C#N)n(-c5ccc(F)cc5)c4=O)cc3)c3c(N)ncnc32)CC1. The molecule has 2 aromatic carbocycles. The third-order valence-electron chi connectivity index (χ3n) is 9.23. The molecule has 3 N–H and O–H groups in total. The molecule has 49 heavy (non-hydrogen) atoms. The molecule has 2 amide bonds. The maximum Gasteiger partial charge on any atom is 0.269 e. The fourth-order valence-electron chi connectivity index (χ4n) is 6.51. The van der Waals surface area contributed by atoms with Crippen LogP contribution in [0.4, 0.5) is 15.9 Å². The number of piperidine rings is 1. The van der Waals surface area contributed by atoms with E-state index in [9.17, 15) is 24.0 Å². The van der Waals surface area contributed by atoms with Crippen molar-refractivity contribution in [3.8, 4) is 23.0 Å². The summed E-state index contributed by atoms with van der Waals surface area (Å²) in [6.07, 6.45) is 4.55. The number of nitrogens with one attached hydrogen (secondary N) is 1. The topological polar surface area (TPSA) is 165 Å². The lowest BCUT2D eigenvalue weighted by Gasteiger charge is -2.33. The molecule has 0 bridgehead atoms. The van der Waals surface area contributed by atoms with Gasteiger partial charge in [-0.05, 0) is 79.6 Å². The Bertz CT molecular complexity index is 2190. The van der Waals surface area contributed by atoms with Crippen LogP contribution in [0, 0.1) is 23.1 Å². The van der Waals surface area contributed by atoms with Crippen LogP contribution in [-0.2, 0) is 4.79 Å². The first-order valence-electron chi connectivity index (χ1n) is 16.3. The van der Waals surface area contributed by atoms with Gasteiger partial charge in [-0.15, -0.1) is 0 Å². The molecular weight excluding hydrogens is 625 g/mol. The number of anilines is 2. The monoisotopic (exact) mass is 659 g/mol. The molecule has 0 spiro atoms. The molecule has 7 rings (SSSR count). The van der Waals surface area contributed by atoms with Crippen molar-refractivity contribution in [3.63, 3.8) is 0 Å². The standard InChI is InChI=1S/C36H34FN9O3/c1-20(2)35(48)44-15-13-26(14-16-44)46-33-30(32(39)40-19-41-33)31(43-46)22-5-9-24(10-6-22)42-34(47)28-17-27(21-3-4-21)29(18-38)45(36(28)49)25-11-7-23(37)8-12-25/h5-12,17,19-21,26H,3-4,13-16H2,1-2H3,(H,42,47)(H2,39,40,41). The summed E-state index contributed by atoms with van der Waals surface area (Å²) in [5, 5.41) is 18.4. The van der Waals surface area contributed by atoms with Crippen LogP contribution in [0.2, 0.25) is 0 Å². The van der Waals surface area contributed by atoms with Gasteiger partial charge in [-0.3, -0.25) is 19.0 Å². The Hall–Kier alpha value is -5.90. The number of rotatable bonds is 7. The molecule has 12 nitrogen and oxygen atoms in total. The number of nitrogen functional groups attached to an aromatic ring is 1. The fraction of sp³-hybridized carbons (Fsp3) is 0.306. The van der Waals surface area contributed by atoms with Crippen LogP contribution in [0.1, 0.15) is 73.1 Å². The Morgan fingerprint density at radius 1 is 1.02 bits per heavy atom. The van der Waals surface area contributed by atoms with Crippen molar-refractivity contribution in [2.75, 3.05) is 24.1 Å². The first-order valence-corrected chi connectivity index (χ1v) is 16.3. The summed E-state index contributed by atoms with van der Waals surface area (Å²) >= 11 is 0. The maximum absolute atomic E-state index is 13.7. The maximum atomic E-state index is 13.7. The van der Waals surface area contributed by atoms with Crippen LogP contribution in [0.3, 0.4) is 0 Å². The molecule has 0 radical (unpaired) electrons. The van der Waals surface area contributed by atoms with Crippen LogP contribution in [-0.4, -0.2) is 54.1 Å². The number of hydrogen-bond acceptors (Lipinski definition) is 8.